The largest absolute Gasteiger partial charge is 0.228 e. The maximum Gasteiger partial charge on any atom is 0.160 e. The third kappa shape index (κ3) is 7.83. The average Bonchev–Trinajstić information content (AvgIpc) is 3.35. The Hall–Kier alpha value is -7.94. The van der Waals surface area contributed by atoms with Crippen molar-refractivity contribution in [2.45, 2.75) is 0 Å². The summed E-state index contributed by atoms with van der Waals surface area (Å²) < 4.78 is 0. The van der Waals surface area contributed by atoms with Gasteiger partial charge in [-0.2, -0.15) is 0 Å². The number of aromatic nitrogens is 2. The summed E-state index contributed by atoms with van der Waals surface area (Å²) in [4.78, 5) is 10.5. The number of hydrogen-bond acceptors (Lipinski definition) is 2. The Morgan fingerprint density at radius 1 is 0.167 bits per heavy atom. The molecule has 0 bridgehead atoms. The topological polar surface area (TPSA) is 25.8 Å². The quantitative estimate of drug-likeness (QED) is 0.146. The lowest BCUT2D eigenvalue weighted by atomic mass is 9.95. The van der Waals surface area contributed by atoms with E-state index in [1.54, 1.807) is 0 Å². The fourth-order valence-electron chi connectivity index (χ4n) is 7.93. The van der Waals surface area contributed by atoms with Crippen molar-refractivity contribution in [3.05, 3.63) is 243 Å². The van der Waals surface area contributed by atoms with E-state index in [-0.39, 0.29) is 0 Å². The van der Waals surface area contributed by atoms with Crippen LogP contribution in [0.5, 0.6) is 0 Å². The Morgan fingerprint density at radius 3 is 0.817 bits per heavy atom. The molecule has 0 atom stereocenters. The van der Waals surface area contributed by atoms with Crippen LogP contribution in [0.15, 0.2) is 243 Å². The normalized spacial score (nSPS) is 11.0. The molecule has 0 saturated carbocycles. The van der Waals surface area contributed by atoms with Gasteiger partial charge < -0.3 is 0 Å². The highest BCUT2D eigenvalue weighted by atomic mass is 14.9. The van der Waals surface area contributed by atoms with Crippen LogP contribution in [0.25, 0.3) is 101 Å². The van der Waals surface area contributed by atoms with Gasteiger partial charge in [-0.05, 0) is 103 Å². The predicted molar refractivity (Wildman–Crippen MR) is 251 cm³/mol. The molecule has 0 fully saturated rings. The maximum absolute atomic E-state index is 5.26. The van der Waals surface area contributed by atoms with Gasteiger partial charge in [0.15, 0.2) is 5.82 Å². The Kier molecular flexibility index (Phi) is 10.0. The van der Waals surface area contributed by atoms with E-state index in [4.69, 9.17) is 9.97 Å². The smallest absolute Gasteiger partial charge is 0.160 e. The lowest BCUT2D eigenvalue weighted by Crippen LogP contribution is -1.96. The number of benzene rings is 9. The molecule has 2 heteroatoms. The summed E-state index contributed by atoms with van der Waals surface area (Å²) in [6, 6.07) is 86.0. The summed E-state index contributed by atoms with van der Waals surface area (Å²) in [5.74, 6) is 0.684. The second-order valence-corrected chi connectivity index (χ2v) is 15.0. The molecule has 0 aliphatic heterocycles. The van der Waals surface area contributed by atoms with Crippen LogP contribution in [0.2, 0.25) is 0 Å². The molecule has 0 unspecified atom stereocenters. The second-order valence-electron chi connectivity index (χ2n) is 15.0. The summed E-state index contributed by atoms with van der Waals surface area (Å²) in [5, 5.41) is 0. The minimum absolute atomic E-state index is 0.684. The van der Waals surface area contributed by atoms with Crippen LogP contribution in [0, 0.1) is 0 Å². The first-order valence-electron chi connectivity index (χ1n) is 20.4. The highest BCUT2D eigenvalue weighted by molar-refractivity contribution is 5.81. The van der Waals surface area contributed by atoms with Gasteiger partial charge in [-0.15, -0.1) is 0 Å². The standard InChI is InChI=1S/C58H40N2/c1-4-15-41(16-5-1)46-21-10-25-50(35-46)51-26-12-23-48(37-51)44-31-33-45(34-32-44)56-40-57(54-29-13-24-49(38-54)43-19-8-3-9-20-43)60-58(59-56)55-30-14-28-53(39-55)52-27-11-22-47(36-52)42-17-6-2-7-18-42/h1-40H. The van der Waals surface area contributed by atoms with Crippen LogP contribution in [0.1, 0.15) is 0 Å². The molecule has 0 saturated heterocycles. The van der Waals surface area contributed by atoms with E-state index < -0.39 is 0 Å². The first kappa shape index (κ1) is 36.4. The molecule has 282 valence electrons. The zero-order valence-electron chi connectivity index (χ0n) is 33.0. The van der Waals surface area contributed by atoms with Gasteiger partial charge in [-0.25, -0.2) is 9.97 Å². The van der Waals surface area contributed by atoms with E-state index >= 15 is 0 Å². The molecule has 1 heterocycles. The minimum atomic E-state index is 0.684. The van der Waals surface area contributed by atoms with Crippen LogP contribution in [-0.2, 0) is 0 Å². The van der Waals surface area contributed by atoms with Crippen molar-refractivity contribution < 1.29 is 0 Å². The van der Waals surface area contributed by atoms with E-state index in [1.165, 1.54) is 44.5 Å². The summed E-state index contributed by atoms with van der Waals surface area (Å²) in [6.07, 6.45) is 0. The SMILES string of the molecule is c1ccc(-c2cccc(-c3cccc(-c4ccc(-c5cc(-c6cccc(-c7ccccc7)c6)nc(-c6cccc(-c7cccc(-c8ccccc8)c7)c6)n5)cc4)c3)c2)cc1. The first-order valence-corrected chi connectivity index (χ1v) is 20.4. The fraction of sp³-hybridized carbons (Fsp3) is 0. The van der Waals surface area contributed by atoms with E-state index in [0.717, 1.165) is 50.3 Å². The van der Waals surface area contributed by atoms with Gasteiger partial charge in [-0.3, -0.25) is 0 Å². The van der Waals surface area contributed by atoms with Gasteiger partial charge in [0.1, 0.15) is 0 Å². The summed E-state index contributed by atoms with van der Waals surface area (Å²) in [6.45, 7) is 0. The van der Waals surface area contributed by atoms with Crippen molar-refractivity contribution in [3.63, 3.8) is 0 Å². The average molecular weight is 765 g/mol. The van der Waals surface area contributed by atoms with Crippen LogP contribution in [0.3, 0.4) is 0 Å². The van der Waals surface area contributed by atoms with Crippen molar-refractivity contribution in [1.82, 2.24) is 9.97 Å². The monoisotopic (exact) mass is 764 g/mol. The molecule has 9 aromatic carbocycles. The molecule has 0 amide bonds. The third-order valence-corrected chi connectivity index (χ3v) is 11.1. The molecule has 0 aliphatic rings. The Balaban J connectivity index is 1.02. The zero-order valence-corrected chi connectivity index (χ0v) is 33.0. The van der Waals surface area contributed by atoms with Gasteiger partial charge in [0, 0.05) is 16.7 Å². The highest BCUT2D eigenvalue weighted by Crippen LogP contribution is 2.35. The maximum atomic E-state index is 5.26. The number of nitrogens with zero attached hydrogens (tertiary/aromatic N) is 2. The minimum Gasteiger partial charge on any atom is -0.228 e. The molecule has 2 nitrogen and oxygen atoms in total. The van der Waals surface area contributed by atoms with Gasteiger partial charge in [0.05, 0.1) is 11.4 Å². The molecule has 0 spiro atoms. The molecule has 1 aromatic heterocycles. The highest BCUT2D eigenvalue weighted by Gasteiger charge is 2.14. The van der Waals surface area contributed by atoms with Crippen LogP contribution in [0.4, 0.5) is 0 Å². The summed E-state index contributed by atoms with van der Waals surface area (Å²) in [5.41, 5.74) is 18.9. The van der Waals surface area contributed by atoms with Crippen LogP contribution >= 0.6 is 0 Å². The molecule has 0 radical (unpaired) electrons. The van der Waals surface area contributed by atoms with E-state index in [0.29, 0.717) is 5.82 Å². The first-order chi connectivity index (χ1) is 29.7. The Bertz CT molecular complexity index is 3060. The molecule has 10 rings (SSSR count). The van der Waals surface area contributed by atoms with Gasteiger partial charge in [-0.1, -0.05) is 206 Å². The van der Waals surface area contributed by atoms with Crippen molar-refractivity contribution in [3.8, 4) is 101 Å². The van der Waals surface area contributed by atoms with Crippen molar-refractivity contribution >= 4 is 0 Å². The van der Waals surface area contributed by atoms with Crippen molar-refractivity contribution in [1.29, 1.82) is 0 Å². The van der Waals surface area contributed by atoms with E-state index in [9.17, 15) is 0 Å². The molecular formula is C58H40N2. The van der Waals surface area contributed by atoms with Gasteiger partial charge >= 0.3 is 0 Å². The van der Waals surface area contributed by atoms with Crippen LogP contribution < -0.4 is 0 Å². The lowest BCUT2D eigenvalue weighted by Gasteiger charge is -2.12. The molecule has 10 aromatic rings. The molecule has 60 heavy (non-hydrogen) atoms. The van der Waals surface area contributed by atoms with Gasteiger partial charge in [0.2, 0.25) is 0 Å². The van der Waals surface area contributed by atoms with E-state index in [2.05, 4.69) is 243 Å². The second kappa shape index (κ2) is 16.5. The van der Waals surface area contributed by atoms with E-state index in [1.807, 2.05) is 0 Å². The van der Waals surface area contributed by atoms with Crippen molar-refractivity contribution in [2.75, 3.05) is 0 Å². The Labute approximate surface area is 351 Å². The summed E-state index contributed by atoms with van der Waals surface area (Å²) in [7, 11) is 0. The predicted octanol–water partition coefficient (Wildman–Crippen LogP) is 15.5. The van der Waals surface area contributed by atoms with Gasteiger partial charge in [0.25, 0.3) is 0 Å². The molecule has 0 N–H and O–H groups in total. The number of rotatable bonds is 9. The third-order valence-electron chi connectivity index (χ3n) is 11.1. The van der Waals surface area contributed by atoms with Crippen LogP contribution in [-0.4, -0.2) is 9.97 Å². The molecular weight excluding hydrogens is 725 g/mol. The van der Waals surface area contributed by atoms with Crippen molar-refractivity contribution in [2.24, 2.45) is 0 Å². The summed E-state index contributed by atoms with van der Waals surface area (Å²) >= 11 is 0. The fourth-order valence-corrected chi connectivity index (χ4v) is 7.93. The lowest BCUT2D eigenvalue weighted by molar-refractivity contribution is 1.18. The molecule has 0 aliphatic carbocycles. The number of hydrogen-bond donors (Lipinski definition) is 0. The Morgan fingerprint density at radius 2 is 0.417 bits per heavy atom. The zero-order chi connectivity index (χ0) is 40.1.